The van der Waals surface area contributed by atoms with Gasteiger partial charge in [-0.15, -0.1) is 11.3 Å². The molecule has 134 valence electrons. The van der Waals surface area contributed by atoms with E-state index in [-0.39, 0.29) is 17.5 Å². The van der Waals surface area contributed by atoms with Crippen molar-refractivity contribution in [3.63, 3.8) is 0 Å². The summed E-state index contributed by atoms with van der Waals surface area (Å²) in [5, 5.41) is 3.76. The molecule has 5 nitrogen and oxygen atoms in total. The van der Waals surface area contributed by atoms with Gasteiger partial charge in [0.15, 0.2) is 0 Å². The van der Waals surface area contributed by atoms with Gasteiger partial charge < -0.3 is 9.88 Å². The zero-order chi connectivity index (χ0) is 18.4. The van der Waals surface area contributed by atoms with Gasteiger partial charge in [0.1, 0.15) is 4.83 Å². The number of nitrogens with zero attached hydrogens (tertiary/aromatic N) is 2. The number of aryl methyl sites for hydroxylation is 3. The fraction of sp³-hybridized carbons (Fsp3) is 0.350. The molecule has 0 fully saturated rings. The number of hydrogen-bond acceptors (Lipinski definition) is 4. The molecule has 0 spiro atoms. The molecule has 1 aromatic carbocycles. The van der Waals surface area contributed by atoms with Gasteiger partial charge >= 0.3 is 0 Å². The van der Waals surface area contributed by atoms with Crippen LogP contribution in [0.25, 0.3) is 10.2 Å². The van der Waals surface area contributed by atoms with E-state index >= 15 is 0 Å². The highest BCUT2D eigenvalue weighted by Crippen LogP contribution is 2.35. The molecular weight excluding hydrogens is 346 g/mol. The Balaban J connectivity index is 1.72. The zero-order valence-corrected chi connectivity index (χ0v) is 15.9. The van der Waals surface area contributed by atoms with Crippen LogP contribution in [0.2, 0.25) is 0 Å². The zero-order valence-electron chi connectivity index (χ0n) is 15.1. The van der Waals surface area contributed by atoms with Crippen molar-refractivity contribution in [3.8, 4) is 0 Å². The van der Waals surface area contributed by atoms with E-state index in [4.69, 9.17) is 0 Å². The van der Waals surface area contributed by atoms with Crippen LogP contribution in [-0.2, 0) is 13.5 Å². The van der Waals surface area contributed by atoms with Crippen LogP contribution in [0.4, 0.5) is 0 Å². The molecule has 1 N–H and O–H groups in total. The molecule has 6 heteroatoms. The first-order valence-electron chi connectivity index (χ1n) is 8.80. The number of carbonyl (C=O) groups excluding carboxylic acids is 1. The number of carbonyl (C=O) groups is 1. The summed E-state index contributed by atoms with van der Waals surface area (Å²) in [5.41, 5.74) is 3.11. The molecular formula is C20H21N3O2S. The minimum Gasteiger partial charge on any atom is -0.344 e. The summed E-state index contributed by atoms with van der Waals surface area (Å²) in [4.78, 5) is 30.9. The van der Waals surface area contributed by atoms with Crippen LogP contribution in [0, 0.1) is 12.8 Å². The van der Waals surface area contributed by atoms with E-state index in [1.165, 1.54) is 33.4 Å². The average molecular weight is 367 g/mol. The third-order valence-electron chi connectivity index (χ3n) is 5.33. The summed E-state index contributed by atoms with van der Waals surface area (Å²) >= 11 is 1.29. The summed E-state index contributed by atoms with van der Waals surface area (Å²) in [7, 11) is 1.67. The van der Waals surface area contributed by atoms with E-state index < -0.39 is 0 Å². The Morgan fingerprint density at radius 2 is 2.12 bits per heavy atom. The molecule has 0 saturated heterocycles. The maximum absolute atomic E-state index is 13.0. The number of hydrogen-bond donors (Lipinski definition) is 1. The molecule has 2 atom stereocenters. The number of aromatic nitrogens is 2. The second-order valence-corrected chi connectivity index (χ2v) is 8.06. The lowest BCUT2D eigenvalue weighted by Crippen LogP contribution is -2.35. The van der Waals surface area contributed by atoms with E-state index in [2.05, 4.69) is 29.4 Å². The van der Waals surface area contributed by atoms with Crippen molar-refractivity contribution in [2.75, 3.05) is 0 Å². The van der Waals surface area contributed by atoms with Crippen LogP contribution < -0.4 is 10.9 Å². The molecule has 0 bridgehead atoms. The molecule has 0 unspecified atom stereocenters. The summed E-state index contributed by atoms with van der Waals surface area (Å²) < 4.78 is 1.45. The summed E-state index contributed by atoms with van der Waals surface area (Å²) in [6.07, 6.45) is 3.60. The summed E-state index contributed by atoms with van der Waals surface area (Å²) in [6, 6.07) is 8.30. The Morgan fingerprint density at radius 1 is 1.35 bits per heavy atom. The van der Waals surface area contributed by atoms with Crippen molar-refractivity contribution in [3.05, 3.63) is 62.5 Å². The maximum Gasteiger partial charge on any atom is 0.262 e. The van der Waals surface area contributed by atoms with Crippen molar-refractivity contribution < 1.29 is 4.79 Å². The number of thiophene rings is 1. The predicted molar refractivity (Wildman–Crippen MR) is 104 cm³/mol. The first-order valence-corrected chi connectivity index (χ1v) is 9.62. The molecule has 2 aromatic heterocycles. The van der Waals surface area contributed by atoms with Crippen LogP contribution in [0.5, 0.6) is 0 Å². The Kier molecular flexibility index (Phi) is 4.15. The van der Waals surface area contributed by atoms with Crippen molar-refractivity contribution in [2.24, 2.45) is 13.0 Å². The second kappa shape index (κ2) is 6.36. The standard InChI is InChI=1S/C20H21N3O2S/c1-11-8-9-13-6-4-5-7-14(13)16(11)22-18(24)17-12(2)15-19(26-17)21-10-23(3)20(15)25/h4-7,10-11,16H,8-9H2,1-3H3,(H,22,24)/t11-,16+/m0/s1. The van der Waals surface area contributed by atoms with E-state index in [1.807, 2.05) is 19.1 Å². The van der Waals surface area contributed by atoms with Crippen LogP contribution >= 0.6 is 11.3 Å². The molecule has 1 aliphatic rings. The number of benzene rings is 1. The van der Waals surface area contributed by atoms with Gasteiger partial charge in [-0.05, 0) is 42.4 Å². The fourth-order valence-electron chi connectivity index (χ4n) is 3.77. The van der Waals surface area contributed by atoms with Crippen molar-refractivity contribution in [1.29, 1.82) is 0 Å². The van der Waals surface area contributed by atoms with Crippen molar-refractivity contribution in [2.45, 2.75) is 32.7 Å². The van der Waals surface area contributed by atoms with E-state index in [0.29, 0.717) is 26.6 Å². The highest BCUT2D eigenvalue weighted by molar-refractivity contribution is 7.20. The van der Waals surface area contributed by atoms with Crippen LogP contribution in [-0.4, -0.2) is 15.5 Å². The van der Waals surface area contributed by atoms with E-state index in [9.17, 15) is 9.59 Å². The largest absolute Gasteiger partial charge is 0.344 e. The van der Waals surface area contributed by atoms with Crippen LogP contribution in [0.3, 0.4) is 0 Å². The van der Waals surface area contributed by atoms with Crippen molar-refractivity contribution in [1.82, 2.24) is 14.9 Å². The van der Waals surface area contributed by atoms with Gasteiger partial charge in [-0.25, -0.2) is 4.98 Å². The molecule has 2 heterocycles. The van der Waals surface area contributed by atoms with Crippen molar-refractivity contribution >= 4 is 27.5 Å². The van der Waals surface area contributed by atoms with E-state index in [1.54, 1.807) is 7.05 Å². The minimum atomic E-state index is -0.124. The maximum atomic E-state index is 13.0. The number of rotatable bonds is 2. The normalized spacial score (nSPS) is 19.3. The number of fused-ring (bicyclic) bond motifs is 2. The highest BCUT2D eigenvalue weighted by Gasteiger charge is 2.29. The van der Waals surface area contributed by atoms with Crippen LogP contribution in [0.15, 0.2) is 35.4 Å². The average Bonchev–Trinajstić information content (AvgIpc) is 2.98. The predicted octanol–water partition coefficient (Wildman–Crippen LogP) is 3.36. The molecule has 0 saturated carbocycles. The fourth-order valence-corrected chi connectivity index (χ4v) is 4.82. The third-order valence-corrected chi connectivity index (χ3v) is 6.53. The first kappa shape index (κ1) is 17.0. The van der Waals surface area contributed by atoms with Gasteiger partial charge in [0, 0.05) is 7.05 Å². The molecule has 26 heavy (non-hydrogen) atoms. The Bertz CT molecular complexity index is 1070. The minimum absolute atomic E-state index is 0.00662. The van der Waals surface area contributed by atoms with Gasteiger partial charge in [0.25, 0.3) is 11.5 Å². The monoisotopic (exact) mass is 367 g/mol. The summed E-state index contributed by atoms with van der Waals surface area (Å²) in [5.74, 6) is 0.246. The van der Waals surface area contributed by atoms with Gasteiger partial charge in [-0.3, -0.25) is 9.59 Å². The lowest BCUT2D eigenvalue weighted by Gasteiger charge is -2.32. The van der Waals surface area contributed by atoms with Gasteiger partial charge in [0.05, 0.1) is 22.6 Å². The molecule has 1 amide bonds. The van der Waals surface area contributed by atoms with Gasteiger partial charge in [0.2, 0.25) is 0 Å². The second-order valence-electron chi connectivity index (χ2n) is 7.06. The molecule has 0 aliphatic heterocycles. The van der Waals surface area contributed by atoms with Crippen LogP contribution in [0.1, 0.15) is 45.7 Å². The molecule has 0 radical (unpaired) electrons. The Morgan fingerprint density at radius 3 is 2.92 bits per heavy atom. The third kappa shape index (κ3) is 2.65. The van der Waals surface area contributed by atoms with E-state index in [0.717, 1.165) is 12.8 Å². The quantitative estimate of drug-likeness (QED) is 0.755. The lowest BCUT2D eigenvalue weighted by atomic mass is 9.80. The number of amides is 1. The van der Waals surface area contributed by atoms with Gasteiger partial charge in [-0.2, -0.15) is 0 Å². The number of nitrogens with one attached hydrogen (secondary N) is 1. The molecule has 3 aromatic rings. The Labute approximate surface area is 155 Å². The summed E-state index contributed by atoms with van der Waals surface area (Å²) in [6.45, 7) is 4.01. The Hall–Kier alpha value is -2.47. The SMILES string of the molecule is Cc1c(C(=O)N[C@H]2c3ccccc3CC[C@@H]2C)sc2ncn(C)c(=O)c12. The smallest absolute Gasteiger partial charge is 0.262 e. The molecule has 4 rings (SSSR count). The first-order chi connectivity index (χ1) is 12.5. The lowest BCUT2D eigenvalue weighted by molar-refractivity contribution is 0.0923. The molecule has 1 aliphatic carbocycles. The topological polar surface area (TPSA) is 64.0 Å². The van der Waals surface area contributed by atoms with Gasteiger partial charge in [-0.1, -0.05) is 31.2 Å². The highest BCUT2D eigenvalue weighted by atomic mass is 32.1.